The van der Waals surface area contributed by atoms with Gasteiger partial charge in [0.1, 0.15) is 17.8 Å². The Morgan fingerprint density at radius 3 is 1.78 bits per heavy atom. The lowest BCUT2D eigenvalue weighted by Gasteiger charge is -2.26. The van der Waals surface area contributed by atoms with E-state index >= 15 is 0 Å². The Kier molecular flexibility index (Phi) is 8.00. The second-order valence-electron chi connectivity index (χ2n) is 8.30. The number of ether oxygens (including phenoxy) is 3. The van der Waals surface area contributed by atoms with Crippen LogP contribution in [0, 0.1) is 5.92 Å². The number of carbonyl (C=O) groups is 3. The zero-order valence-electron chi connectivity index (χ0n) is 17.0. The van der Waals surface area contributed by atoms with E-state index < -0.39 is 35.0 Å². The predicted molar refractivity (Wildman–Crippen MR) is 101 cm³/mol. The molecule has 0 saturated carbocycles. The van der Waals surface area contributed by atoms with Crippen LogP contribution in [-0.4, -0.2) is 29.1 Å². The second kappa shape index (κ2) is 9.53. The highest BCUT2D eigenvalue weighted by Gasteiger charge is 2.35. The molecule has 0 aromatic heterocycles. The molecule has 6 heteroatoms. The van der Waals surface area contributed by atoms with E-state index in [4.69, 9.17) is 14.2 Å². The molecule has 27 heavy (non-hydrogen) atoms. The lowest BCUT2D eigenvalue weighted by molar-refractivity contribution is -0.174. The van der Waals surface area contributed by atoms with Crippen molar-refractivity contribution >= 4 is 17.9 Å². The Balaban J connectivity index is 2.68. The van der Waals surface area contributed by atoms with E-state index in [1.54, 1.807) is 41.5 Å². The lowest BCUT2D eigenvalue weighted by Crippen LogP contribution is -2.37. The van der Waals surface area contributed by atoms with Gasteiger partial charge in [0.15, 0.2) is 5.92 Å². The first-order valence-corrected chi connectivity index (χ1v) is 9.03. The molecule has 0 unspecified atom stereocenters. The minimum Gasteiger partial charge on any atom is -0.461 e. The zero-order valence-corrected chi connectivity index (χ0v) is 17.0. The highest BCUT2D eigenvalue weighted by Crippen LogP contribution is 2.20. The van der Waals surface area contributed by atoms with Crippen LogP contribution < -0.4 is 0 Å². The maximum atomic E-state index is 12.4. The van der Waals surface area contributed by atoms with Crippen LogP contribution in [0.3, 0.4) is 0 Å². The van der Waals surface area contributed by atoms with Crippen LogP contribution in [0.25, 0.3) is 0 Å². The Morgan fingerprint density at radius 1 is 0.852 bits per heavy atom. The van der Waals surface area contributed by atoms with Gasteiger partial charge >= 0.3 is 17.9 Å². The van der Waals surface area contributed by atoms with Crippen molar-refractivity contribution in [2.75, 3.05) is 0 Å². The molecule has 0 saturated heterocycles. The van der Waals surface area contributed by atoms with Crippen LogP contribution in [0.2, 0.25) is 0 Å². The summed E-state index contributed by atoms with van der Waals surface area (Å²) in [4.78, 5) is 36.8. The molecule has 0 fully saturated rings. The second-order valence-corrected chi connectivity index (χ2v) is 8.30. The minimum absolute atomic E-state index is 0.0303. The van der Waals surface area contributed by atoms with Gasteiger partial charge in [-0.1, -0.05) is 30.3 Å². The molecule has 0 aliphatic rings. The minimum atomic E-state index is -1.17. The average Bonchev–Trinajstić information content (AvgIpc) is 2.50. The first-order valence-electron chi connectivity index (χ1n) is 9.03. The molecule has 0 amide bonds. The van der Waals surface area contributed by atoms with Gasteiger partial charge in [-0.05, 0) is 53.5 Å². The number of carbonyl (C=O) groups excluding carboxylic acids is 3. The summed E-state index contributed by atoms with van der Waals surface area (Å²) in [5, 5.41) is 0. The van der Waals surface area contributed by atoms with Crippen molar-refractivity contribution in [1.29, 1.82) is 0 Å². The van der Waals surface area contributed by atoms with E-state index in [-0.39, 0.29) is 19.4 Å². The van der Waals surface area contributed by atoms with Crippen LogP contribution in [0.1, 0.15) is 59.9 Å². The van der Waals surface area contributed by atoms with E-state index in [2.05, 4.69) is 0 Å². The number of esters is 3. The number of rotatable bonds is 7. The monoisotopic (exact) mass is 378 g/mol. The van der Waals surface area contributed by atoms with Crippen molar-refractivity contribution in [3.05, 3.63) is 35.9 Å². The normalized spacial score (nSPS) is 11.8. The molecule has 0 spiro atoms. The molecule has 150 valence electrons. The quantitative estimate of drug-likeness (QED) is 0.408. The molecule has 1 rings (SSSR count). The van der Waals surface area contributed by atoms with Crippen LogP contribution in [0.5, 0.6) is 0 Å². The Labute approximate surface area is 161 Å². The number of benzene rings is 1. The van der Waals surface area contributed by atoms with Gasteiger partial charge in [-0.15, -0.1) is 0 Å². The van der Waals surface area contributed by atoms with Crippen molar-refractivity contribution in [2.45, 2.75) is 72.2 Å². The topological polar surface area (TPSA) is 78.9 Å². The Bertz CT molecular complexity index is 609. The lowest BCUT2D eigenvalue weighted by atomic mass is 10.0. The van der Waals surface area contributed by atoms with Gasteiger partial charge in [-0.3, -0.25) is 14.4 Å². The molecule has 0 aliphatic heterocycles. The summed E-state index contributed by atoms with van der Waals surface area (Å²) < 4.78 is 15.8. The first kappa shape index (κ1) is 22.7. The first-order chi connectivity index (χ1) is 12.4. The smallest absolute Gasteiger partial charge is 0.320 e. The molecule has 0 radical (unpaired) electrons. The molecular weight excluding hydrogens is 348 g/mol. The summed E-state index contributed by atoms with van der Waals surface area (Å²) in [5.74, 6) is -3.07. The summed E-state index contributed by atoms with van der Waals surface area (Å²) in [5.41, 5.74) is -0.627. The van der Waals surface area contributed by atoms with E-state index in [0.29, 0.717) is 0 Å². The summed E-state index contributed by atoms with van der Waals surface area (Å²) in [6.07, 6.45) is -0.118. The van der Waals surface area contributed by atoms with E-state index in [9.17, 15) is 14.4 Å². The van der Waals surface area contributed by atoms with Crippen LogP contribution >= 0.6 is 0 Å². The van der Waals surface area contributed by atoms with E-state index in [1.165, 1.54) is 0 Å². The molecule has 0 aliphatic carbocycles. The largest absolute Gasteiger partial charge is 0.461 e. The predicted octanol–water partition coefficient (Wildman–Crippen LogP) is 3.81. The van der Waals surface area contributed by atoms with Gasteiger partial charge in [0, 0.05) is 6.42 Å². The fourth-order valence-corrected chi connectivity index (χ4v) is 2.15. The summed E-state index contributed by atoms with van der Waals surface area (Å²) >= 11 is 0. The standard InChI is InChI=1S/C21H30O6/c1-20(2,3)26-18(23)16(19(24)27-21(4,5)6)12-13-17(22)25-14-15-10-8-7-9-11-15/h7-11,16H,12-14H2,1-6H3. The molecule has 0 bridgehead atoms. The van der Waals surface area contributed by atoms with Crippen molar-refractivity contribution in [1.82, 2.24) is 0 Å². The van der Waals surface area contributed by atoms with E-state index in [0.717, 1.165) is 5.56 Å². The average molecular weight is 378 g/mol. The van der Waals surface area contributed by atoms with Gasteiger partial charge < -0.3 is 14.2 Å². The van der Waals surface area contributed by atoms with Crippen molar-refractivity contribution < 1.29 is 28.6 Å². The van der Waals surface area contributed by atoms with Crippen LogP contribution in [0.4, 0.5) is 0 Å². The van der Waals surface area contributed by atoms with Gasteiger partial charge in [0.2, 0.25) is 0 Å². The van der Waals surface area contributed by atoms with E-state index in [1.807, 2.05) is 30.3 Å². The zero-order chi connectivity index (χ0) is 20.7. The fourth-order valence-electron chi connectivity index (χ4n) is 2.15. The van der Waals surface area contributed by atoms with Crippen molar-refractivity contribution in [3.8, 4) is 0 Å². The van der Waals surface area contributed by atoms with Gasteiger partial charge in [-0.2, -0.15) is 0 Å². The molecule has 1 aromatic carbocycles. The maximum Gasteiger partial charge on any atom is 0.320 e. The maximum absolute atomic E-state index is 12.4. The number of hydrogen-bond donors (Lipinski definition) is 0. The molecule has 0 N–H and O–H groups in total. The summed E-state index contributed by atoms with van der Waals surface area (Å²) in [6.45, 7) is 10.4. The number of hydrogen-bond acceptors (Lipinski definition) is 6. The molecule has 1 aromatic rings. The molecule has 0 heterocycles. The van der Waals surface area contributed by atoms with Gasteiger partial charge in [-0.25, -0.2) is 0 Å². The molecular formula is C21H30O6. The van der Waals surface area contributed by atoms with Crippen LogP contribution in [0.15, 0.2) is 30.3 Å². The molecule has 0 atom stereocenters. The summed E-state index contributed by atoms with van der Waals surface area (Å²) in [6, 6.07) is 9.26. The Hall–Kier alpha value is -2.37. The SMILES string of the molecule is CC(C)(C)OC(=O)C(CCC(=O)OCc1ccccc1)C(=O)OC(C)(C)C. The highest BCUT2D eigenvalue weighted by molar-refractivity contribution is 5.95. The molecule has 6 nitrogen and oxygen atoms in total. The summed E-state index contributed by atoms with van der Waals surface area (Å²) in [7, 11) is 0. The third-order valence-corrected chi connectivity index (χ3v) is 3.26. The van der Waals surface area contributed by atoms with Crippen molar-refractivity contribution in [3.63, 3.8) is 0 Å². The van der Waals surface area contributed by atoms with Crippen LogP contribution in [-0.2, 0) is 35.2 Å². The Morgan fingerprint density at radius 2 is 1.33 bits per heavy atom. The third-order valence-electron chi connectivity index (χ3n) is 3.26. The third kappa shape index (κ3) is 9.78. The van der Waals surface area contributed by atoms with Gasteiger partial charge in [0.05, 0.1) is 0 Å². The van der Waals surface area contributed by atoms with Crippen molar-refractivity contribution in [2.24, 2.45) is 5.92 Å². The van der Waals surface area contributed by atoms with Gasteiger partial charge in [0.25, 0.3) is 0 Å². The fraction of sp³-hybridized carbons (Fsp3) is 0.571. The highest BCUT2D eigenvalue weighted by atomic mass is 16.6.